The van der Waals surface area contributed by atoms with Gasteiger partial charge in [0.05, 0.1) is 23.9 Å². The van der Waals surface area contributed by atoms with Crippen LogP contribution < -0.4 is 10.2 Å². The standard InChI is InChI=1S/C17H20N6OS/c1-3-7-24-17-20-8-12(9-21-17)14-5-6-15(18)23(22-14)11-13-10-19-16(4-2)25-13/h5-6,8-10,18H,3-4,7,11H2,1-2H3. The maximum Gasteiger partial charge on any atom is 0.316 e. The van der Waals surface area contributed by atoms with E-state index in [1.165, 1.54) is 0 Å². The fourth-order valence-corrected chi connectivity index (χ4v) is 3.03. The summed E-state index contributed by atoms with van der Waals surface area (Å²) in [5.74, 6) is 0. The molecule has 3 aromatic rings. The molecule has 0 saturated heterocycles. The summed E-state index contributed by atoms with van der Waals surface area (Å²) in [5, 5.41) is 13.7. The summed E-state index contributed by atoms with van der Waals surface area (Å²) in [4.78, 5) is 13.9. The van der Waals surface area contributed by atoms with Crippen LogP contribution in [-0.4, -0.2) is 31.3 Å². The van der Waals surface area contributed by atoms with Crippen molar-refractivity contribution in [1.82, 2.24) is 24.7 Å². The number of nitrogens with one attached hydrogen (secondary N) is 1. The van der Waals surface area contributed by atoms with Crippen molar-refractivity contribution < 1.29 is 4.74 Å². The first-order valence-electron chi connectivity index (χ1n) is 8.21. The van der Waals surface area contributed by atoms with Crippen molar-refractivity contribution in [3.05, 3.63) is 46.1 Å². The van der Waals surface area contributed by atoms with E-state index >= 15 is 0 Å². The van der Waals surface area contributed by atoms with E-state index in [4.69, 9.17) is 10.1 Å². The molecule has 0 aliphatic heterocycles. The predicted molar refractivity (Wildman–Crippen MR) is 95.5 cm³/mol. The number of thiazole rings is 1. The van der Waals surface area contributed by atoms with Crippen molar-refractivity contribution in [3.8, 4) is 17.3 Å². The average molecular weight is 356 g/mol. The van der Waals surface area contributed by atoms with Gasteiger partial charge in [0.1, 0.15) is 5.49 Å². The van der Waals surface area contributed by atoms with Gasteiger partial charge in [0.15, 0.2) is 0 Å². The zero-order valence-electron chi connectivity index (χ0n) is 14.3. The quantitative estimate of drug-likeness (QED) is 0.703. The van der Waals surface area contributed by atoms with Crippen LogP contribution in [-0.2, 0) is 13.0 Å². The normalized spacial score (nSPS) is 10.8. The van der Waals surface area contributed by atoms with Gasteiger partial charge >= 0.3 is 6.01 Å². The zero-order chi connectivity index (χ0) is 17.6. The van der Waals surface area contributed by atoms with Gasteiger partial charge < -0.3 is 4.74 Å². The summed E-state index contributed by atoms with van der Waals surface area (Å²) in [5.41, 5.74) is 1.86. The average Bonchev–Trinajstić information content (AvgIpc) is 3.10. The Hall–Kier alpha value is -2.61. The summed E-state index contributed by atoms with van der Waals surface area (Å²) in [6.45, 7) is 5.24. The Labute approximate surface area is 149 Å². The first kappa shape index (κ1) is 17.2. The summed E-state index contributed by atoms with van der Waals surface area (Å²) in [7, 11) is 0. The van der Waals surface area contributed by atoms with Crippen LogP contribution in [0.3, 0.4) is 0 Å². The smallest absolute Gasteiger partial charge is 0.316 e. The summed E-state index contributed by atoms with van der Waals surface area (Å²) in [6.07, 6.45) is 7.06. The van der Waals surface area contributed by atoms with Gasteiger partial charge in [-0.05, 0) is 25.0 Å². The Kier molecular flexibility index (Phi) is 5.49. The molecule has 0 aromatic carbocycles. The van der Waals surface area contributed by atoms with Crippen molar-refractivity contribution in [2.24, 2.45) is 0 Å². The van der Waals surface area contributed by atoms with Crippen molar-refractivity contribution in [1.29, 1.82) is 5.41 Å². The van der Waals surface area contributed by atoms with Crippen LogP contribution in [0.25, 0.3) is 11.3 Å². The van der Waals surface area contributed by atoms with Crippen molar-refractivity contribution in [2.45, 2.75) is 33.2 Å². The fraction of sp³-hybridized carbons (Fsp3) is 0.353. The molecule has 0 aliphatic carbocycles. The molecule has 8 heteroatoms. The maximum atomic E-state index is 8.07. The third kappa shape index (κ3) is 4.27. The number of ether oxygens (including phenoxy) is 1. The SMILES string of the molecule is CCCOc1ncc(-c2ccc(=N)n(Cc3cnc(CC)s3)n2)cn1. The Morgan fingerprint density at radius 3 is 2.60 bits per heavy atom. The van der Waals surface area contributed by atoms with E-state index in [0.717, 1.165) is 34.0 Å². The number of nitrogens with zero attached hydrogens (tertiary/aromatic N) is 5. The second-order valence-corrected chi connectivity index (χ2v) is 6.64. The molecule has 25 heavy (non-hydrogen) atoms. The summed E-state index contributed by atoms with van der Waals surface area (Å²) in [6, 6.07) is 3.90. The van der Waals surface area contributed by atoms with Gasteiger partial charge in [-0.3, -0.25) is 5.41 Å². The molecule has 3 rings (SSSR count). The molecule has 0 spiro atoms. The van der Waals surface area contributed by atoms with Crippen LogP contribution >= 0.6 is 11.3 Å². The van der Waals surface area contributed by atoms with Gasteiger partial charge in [-0.1, -0.05) is 13.8 Å². The Morgan fingerprint density at radius 1 is 1.12 bits per heavy atom. The van der Waals surface area contributed by atoms with Gasteiger partial charge in [-0.15, -0.1) is 11.3 Å². The molecule has 0 fully saturated rings. The Morgan fingerprint density at radius 2 is 1.92 bits per heavy atom. The van der Waals surface area contributed by atoms with E-state index in [-0.39, 0.29) is 0 Å². The number of aryl methyl sites for hydroxylation is 1. The van der Waals surface area contributed by atoms with Crippen LogP contribution in [0.1, 0.15) is 30.2 Å². The molecular weight excluding hydrogens is 336 g/mol. The number of aromatic nitrogens is 5. The Balaban J connectivity index is 1.82. The molecule has 3 heterocycles. The minimum atomic E-state index is 0.346. The molecule has 3 aromatic heterocycles. The van der Waals surface area contributed by atoms with Crippen LogP contribution in [0.2, 0.25) is 0 Å². The highest BCUT2D eigenvalue weighted by molar-refractivity contribution is 7.11. The van der Waals surface area contributed by atoms with Crippen LogP contribution in [0.4, 0.5) is 0 Å². The van der Waals surface area contributed by atoms with Gasteiger partial charge in [0.25, 0.3) is 0 Å². The summed E-state index contributed by atoms with van der Waals surface area (Å²) < 4.78 is 7.05. The third-order valence-corrected chi connectivity index (χ3v) is 4.60. The van der Waals surface area contributed by atoms with E-state index in [1.807, 2.05) is 13.1 Å². The molecule has 1 N–H and O–H groups in total. The first-order chi connectivity index (χ1) is 12.2. The van der Waals surface area contributed by atoms with Gasteiger partial charge in [-0.25, -0.2) is 19.6 Å². The number of hydrogen-bond acceptors (Lipinski definition) is 7. The van der Waals surface area contributed by atoms with E-state index < -0.39 is 0 Å². The van der Waals surface area contributed by atoms with E-state index in [2.05, 4.69) is 27.0 Å². The van der Waals surface area contributed by atoms with Gasteiger partial charge in [0, 0.05) is 29.0 Å². The lowest BCUT2D eigenvalue weighted by Gasteiger charge is -2.07. The molecule has 0 atom stereocenters. The van der Waals surface area contributed by atoms with Crippen molar-refractivity contribution in [3.63, 3.8) is 0 Å². The van der Waals surface area contributed by atoms with Gasteiger partial charge in [0.2, 0.25) is 0 Å². The van der Waals surface area contributed by atoms with Crippen molar-refractivity contribution in [2.75, 3.05) is 6.61 Å². The second-order valence-electron chi connectivity index (χ2n) is 5.44. The molecule has 0 aliphatic rings. The molecule has 0 unspecified atom stereocenters. The molecule has 0 bridgehead atoms. The van der Waals surface area contributed by atoms with Crippen LogP contribution in [0.5, 0.6) is 6.01 Å². The highest BCUT2D eigenvalue weighted by Crippen LogP contribution is 2.17. The Bertz CT molecular complexity index is 887. The summed E-state index contributed by atoms with van der Waals surface area (Å²) >= 11 is 1.65. The highest BCUT2D eigenvalue weighted by Gasteiger charge is 2.07. The molecule has 0 amide bonds. The lowest BCUT2D eigenvalue weighted by atomic mass is 10.2. The minimum Gasteiger partial charge on any atom is -0.463 e. The number of rotatable bonds is 7. The first-order valence-corrected chi connectivity index (χ1v) is 9.02. The van der Waals surface area contributed by atoms with E-state index in [0.29, 0.717) is 24.6 Å². The third-order valence-electron chi connectivity index (χ3n) is 3.47. The van der Waals surface area contributed by atoms with E-state index in [9.17, 15) is 0 Å². The maximum absolute atomic E-state index is 8.07. The molecule has 7 nitrogen and oxygen atoms in total. The van der Waals surface area contributed by atoms with Crippen LogP contribution in [0.15, 0.2) is 30.7 Å². The van der Waals surface area contributed by atoms with Crippen molar-refractivity contribution >= 4 is 11.3 Å². The highest BCUT2D eigenvalue weighted by atomic mass is 32.1. The van der Waals surface area contributed by atoms with Gasteiger partial charge in [-0.2, -0.15) is 5.10 Å². The van der Waals surface area contributed by atoms with Crippen LogP contribution in [0, 0.1) is 5.41 Å². The topological polar surface area (TPSA) is 89.6 Å². The second kappa shape index (κ2) is 7.98. The minimum absolute atomic E-state index is 0.346. The predicted octanol–water partition coefficient (Wildman–Crippen LogP) is 2.68. The lowest BCUT2D eigenvalue weighted by Crippen LogP contribution is -2.22. The van der Waals surface area contributed by atoms with E-state index in [1.54, 1.807) is 40.5 Å². The fourth-order valence-electron chi connectivity index (χ4n) is 2.18. The molecular formula is C17H20N6OS. The monoisotopic (exact) mass is 356 g/mol. The molecule has 0 saturated carbocycles. The number of hydrogen-bond donors (Lipinski definition) is 1. The lowest BCUT2D eigenvalue weighted by molar-refractivity contribution is 0.292. The molecule has 0 radical (unpaired) electrons. The largest absolute Gasteiger partial charge is 0.463 e. The zero-order valence-corrected chi connectivity index (χ0v) is 15.1. The molecule has 130 valence electrons.